The van der Waals surface area contributed by atoms with Gasteiger partial charge in [0.1, 0.15) is 10.7 Å². The van der Waals surface area contributed by atoms with Crippen LogP contribution in [-0.4, -0.2) is 43.8 Å². The molecule has 1 aromatic rings. The molecule has 2 aliphatic rings. The van der Waals surface area contributed by atoms with Crippen molar-refractivity contribution in [3.8, 4) is 0 Å². The molecule has 1 aliphatic carbocycles. The van der Waals surface area contributed by atoms with Crippen LogP contribution in [0.4, 0.5) is 5.82 Å². The van der Waals surface area contributed by atoms with Gasteiger partial charge in [0.2, 0.25) is 0 Å². The van der Waals surface area contributed by atoms with Crippen LogP contribution >= 0.6 is 0 Å². The molecule has 1 aromatic heterocycles. The Morgan fingerprint density at radius 3 is 2.90 bits per heavy atom. The zero-order valence-electron chi connectivity index (χ0n) is 11.8. The molecule has 0 unspecified atom stereocenters. The zero-order chi connectivity index (χ0) is 15.3. The molecule has 0 aromatic carbocycles. The Hall–Kier alpha value is -1.63. The number of pyridine rings is 1. The summed E-state index contributed by atoms with van der Waals surface area (Å²) in [5, 5.41) is 9.60. The summed E-state index contributed by atoms with van der Waals surface area (Å²) in [6, 6.07) is 3.11. The van der Waals surface area contributed by atoms with Gasteiger partial charge in [0.25, 0.3) is 0 Å². The Kier molecular flexibility index (Phi) is 3.20. The molecule has 0 amide bonds. The monoisotopic (exact) mass is 310 g/mol. The van der Waals surface area contributed by atoms with E-state index in [0.29, 0.717) is 25.3 Å². The van der Waals surface area contributed by atoms with Crippen molar-refractivity contribution in [3.05, 3.63) is 18.3 Å². The third-order valence-electron chi connectivity index (χ3n) is 4.75. The Labute approximate surface area is 123 Å². The van der Waals surface area contributed by atoms with Gasteiger partial charge in [-0.3, -0.25) is 4.79 Å². The molecule has 2 heterocycles. The van der Waals surface area contributed by atoms with E-state index in [9.17, 15) is 18.3 Å². The number of aliphatic carboxylic acids is 1. The van der Waals surface area contributed by atoms with E-state index in [4.69, 9.17) is 0 Å². The first-order valence-corrected chi connectivity index (χ1v) is 8.87. The lowest BCUT2D eigenvalue weighted by Gasteiger charge is -2.24. The van der Waals surface area contributed by atoms with E-state index < -0.39 is 21.2 Å². The molecule has 21 heavy (non-hydrogen) atoms. The first kappa shape index (κ1) is 14.3. The fourth-order valence-electron chi connectivity index (χ4n) is 3.71. The standard InChI is InChI=1S/C14H18N2O4S/c1-21(19,20)11-5-3-7-15-12(11)16-8-10-4-2-6-14(10,9-16)13(17)18/h3,5,7,10H,2,4,6,8-9H2,1H3,(H,17,18)/t10-,14+/m0/s1. The molecule has 2 atom stereocenters. The van der Waals surface area contributed by atoms with Gasteiger partial charge in [-0.2, -0.15) is 0 Å². The molecule has 1 saturated carbocycles. The van der Waals surface area contributed by atoms with Gasteiger partial charge in [0, 0.05) is 25.5 Å². The fourth-order valence-corrected chi connectivity index (χ4v) is 4.55. The van der Waals surface area contributed by atoms with Crippen molar-refractivity contribution in [2.24, 2.45) is 11.3 Å². The maximum atomic E-state index is 11.9. The zero-order valence-corrected chi connectivity index (χ0v) is 12.6. The lowest BCUT2D eigenvalue weighted by molar-refractivity contribution is -0.149. The SMILES string of the molecule is CS(=O)(=O)c1cccnc1N1C[C@@H]2CCC[C@@]2(C(=O)O)C1. The van der Waals surface area contributed by atoms with Crippen LogP contribution in [0, 0.1) is 11.3 Å². The second-order valence-electron chi connectivity index (χ2n) is 6.03. The third kappa shape index (κ3) is 2.19. The largest absolute Gasteiger partial charge is 0.481 e. The van der Waals surface area contributed by atoms with Crippen molar-refractivity contribution in [3.63, 3.8) is 0 Å². The molecule has 1 saturated heterocycles. The van der Waals surface area contributed by atoms with Crippen molar-refractivity contribution in [1.29, 1.82) is 0 Å². The maximum absolute atomic E-state index is 11.9. The summed E-state index contributed by atoms with van der Waals surface area (Å²) in [6.07, 6.45) is 5.16. The van der Waals surface area contributed by atoms with Crippen molar-refractivity contribution in [1.82, 2.24) is 4.98 Å². The number of carboxylic acids is 1. The van der Waals surface area contributed by atoms with Crippen LogP contribution in [0.2, 0.25) is 0 Å². The van der Waals surface area contributed by atoms with Gasteiger partial charge in [-0.15, -0.1) is 0 Å². The number of fused-ring (bicyclic) bond motifs is 1. The van der Waals surface area contributed by atoms with Crippen LogP contribution in [0.5, 0.6) is 0 Å². The second-order valence-corrected chi connectivity index (χ2v) is 8.01. The van der Waals surface area contributed by atoms with Crippen molar-refractivity contribution in [2.75, 3.05) is 24.2 Å². The predicted molar refractivity (Wildman–Crippen MR) is 77.0 cm³/mol. The van der Waals surface area contributed by atoms with Crippen molar-refractivity contribution >= 4 is 21.6 Å². The van der Waals surface area contributed by atoms with E-state index in [-0.39, 0.29) is 10.8 Å². The van der Waals surface area contributed by atoms with Crippen LogP contribution in [0.1, 0.15) is 19.3 Å². The number of rotatable bonds is 3. The molecule has 1 N–H and O–H groups in total. The third-order valence-corrected chi connectivity index (χ3v) is 5.86. The van der Waals surface area contributed by atoms with Crippen LogP contribution in [0.25, 0.3) is 0 Å². The summed E-state index contributed by atoms with van der Waals surface area (Å²) in [5.74, 6) is -0.316. The molecule has 0 spiro atoms. The summed E-state index contributed by atoms with van der Waals surface area (Å²) in [5.41, 5.74) is -0.744. The highest BCUT2D eigenvalue weighted by atomic mass is 32.2. The molecule has 7 heteroatoms. The van der Waals surface area contributed by atoms with Gasteiger partial charge < -0.3 is 10.0 Å². The molecule has 0 bridgehead atoms. The Balaban J connectivity index is 2.00. The maximum Gasteiger partial charge on any atom is 0.311 e. The number of carboxylic acid groups (broad SMARTS) is 1. The van der Waals surface area contributed by atoms with E-state index in [1.807, 2.05) is 4.90 Å². The number of hydrogen-bond acceptors (Lipinski definition) is 5. The normalized spacial score (nSPS) is 28.6. The molecule has 114 valence electrons. The fraction of sp³-hybridized carbons (Fsp3) is 0.571. The minimum Gasteiger partial charge on any atom is -0.481 e. The summed E-state index contributed by atoms with van der Waals surface area (Å²) < 4.78 is 23.8. The summed E-state index contributed by atoms with van der Waals surface area (Å²) in [4.78, 5) is 17.9. The number of nitrogens with zero attached hydrogens (tertiary/aromatic N) is 2. The van der Waals surface area contributed by atoms with Gasteiger partial charge in [-0.1, -0.05) is 6.42 Å². The number of anilines is 1. The smallest absolute Gasteiger partial charge is 0.311 e. The van der Waals surface area contributed by atoms with E-state index in [2.05, 4.69) is 4.98 Å². The highest BCUT2D eigenvalue weighted by molar-refractivity contribution is 7.90. The molecule has 2 fully saturated rings. The lowest BCUT2D eigenvalue weighted by Crippen LogP contribution is -2.36. The molecule has 6 nitrogen and oxygen atoms in total. The minimum atomic E-state index is -3.39. The quantitative estimate of drug-likeness (QED) is 0.902. The number of carbonyl (C=O) groups is 1. The van der Waals surface area contributed by atoms with Crippen molar-refractivity contribution < 1.29 is 18.3 Å². The van der Waals surface area contributed by atoms with E-state index in [1.54, 1.807) is 12.3 Å². The Bertz CT molecular complexity index is 688. The van der Waals surface area contributed by atoms with Crippen LogP contribution < -0.4 is 4.90 Å². The molecule has 0 radical (unpaired) electrons. The number of aromatic nitrogens is 1. The second kappa shape index (κ2) is 4.69. The topological polar surface area (TPSA) is 87.6 Å². The summed E-state index contributed by atoms with van der Waals surface area (Å²) in [7, 11) is -3.39. The van der Waals surface area contributed by atoms with E-state index in [0.717, 1.165) is 19.1 Å². The molecule has 1 aliphatic heterocycles. The average molecular weight is 310 g/mol. The average Bonchev–Trinajstić information content (AvgIpc) is 2.95. The molecular weight excluding hydrogens is 292 g/mol. The van der Waals surface area contributed by atoms with Gasteiger partial charge in [0.15, 0.2) is 9.84 Å². The predicted octanol–water partition coefficient (Wildman–Crippen LogP) is 1.18. The highest BCUT2D eigenvalue weighted by Crippen LogP contribution is 2.50. The summed E-state index contributed by atoms with van der Waals surface area (Å²) >= 11 is 0. The number of sulfone groups is 1. The minimum absolute atomic E-state index is 0.0735. The first-order chi connectivity index (χ1) is 9.84. The van der Waals surface area contributed by atoms with Gasteiger partial charge in [-0.05, 0) is 30.9 Å². The van der Waals surface area contributed by atoms with E-state index >= 15 is 0 Å². The number of hydrogen-bond donors (Lipinski definition) is 1. The Morgan fingerprint density at radius 2 is 2.29 bits per heavy atom. The summed E-state index contributed by atoms with van der Waals surface area (Å²) in [6.45, 7) is 0.901. The first-order valence-electron chi connectivity index (χ1n) is 6.98. The highest BCUT2D eigenvalue weighted by Gasteiger charge is 2.55. The lowest BCUT2D eigenvalue weighted by atomic mass is 9.81. The van der Waals surface area contributed by atoms with Crippen molar-refractivity contribution in [2.45, 2.75) is 24.2 Å². The molecular formula is C14H18N2O4S. The van der Waals surface area contributed by atoms with Crippen LogP contribution in [0.15, 0.2) is 23.2 Å². The van der Waals surface area contributed by atoms with Gasteiger partial charge in [-0.25, -0.2) is 13.4 Å². The Morgan fingerprint density at radius 1 is 1.52 bits per heavy atom. The van der Waals surface area contributed by atoms with Crippen LogP contribution in [0.3, 0.4) is 0 Å². The van der Waals surface area contributed by atoms with Gasteiger partial charge >= 0.3 is 5.97 Å². The van der Waals surface area contributed by atoms with Crippen LogP contribution in [-0.2, 0) is 14.6 Å². The molecule has 3 rings (SSSR count). The van der Waals surface area contributed by atoms with Gasteiger partial charge in [0.05, 0.1) is 5.41 Å². The van der Waals surface area contributed by atoms with E-state index in [1.165, 1.54) is 6.07 Å².